The molecule has 2 unspecified atom stereocenters. The summed E-state index contributed by atoms with van der Waals surface area (Å²) in [6, 6.07) is 6.40. The normalized spacial score (nSPS) is 17.6. The lowest BCUT2D eigenvalue weighted by atomic mass is 9.85. The minimum atomic E-state index is -1.03. The summed E-state index contributed by atoms with van der Waals surface area (Å²) >= 11 is 0. The van der Waals surface area contributed by atoms with Gasteiger partial charge in [-0.25, -0.2) is 0 Å². The first-order valence-electron chi connectivity index (χ1n) is 16.1. The Labute approximate surface area is 248 Å². The number of hydrogen-bond acceptors (Lipinski definition) is 4. The number of aromatic nitrogens is 1. The molecule has 2 N–H and O–H groups in total. The topological polar surface area (TPSA) is 74.9 Å². The Morgan fingerprint density at radius 3 is 2.37 bits per heavy atom. The second-order valence-corrected chi connectivity index (χ2v) is 12.9. The molecule has 0 saturated carbocycles. The molecule has 0 radical (unpaired) electrons. The molecule has 5 nitrogen and oxygen atoms in total. The molecule has 1 aliphatic rings. The van der Waals surface area contributed by atoms with Crippen LogP contribution in [0, 0.1) is 0 Å². The Balaban J connectivity index is 1.33. The monoisotopic (exact) mass is 565 g/mol. The standard InChI is InChI=1S/C36H55NO4/c1-6-7-8-9-10-11-12-13-14-15-16-17-18-19-20-21-34(38)40-27-31(35(2,3)39)30-26-37-32-24-28(22-23-29(30)32)25-33-36(4,5)41-33/h10-11,13-14,22-24,26,31,33,37,39H,6-9,12,15-21,25,27H2,1-5H3. The Morgan fingerprint density at radius 1 is 1.05 bits per heavy atom. The van der Waals surface area contributed by atoms with Crippen LogP contribution in [0.4, 0.5) is 0 Å². The molecule has 2 heterocycles. The quantitative estimate of drug-likeness (QED) is 0.0726. The number of ether oxygens (including phenoxy) is 2. The number of benzene rings is 1. The molecule has 1 aliphatic heterocycles. The van der Waals surface area contributed by atoms with Gasteiger partial charge >= 0.3 is 5.97 Å². The van der Waals surface area contributed by atoms with E-state index in [-0.39, 0.29) is 30.2 Å². The number of H-pyrrole nitrogens is 1. The first-order valence-corrected chi connectivity index (χ1v) is 16.1. The maximum Gasteiger partial charge on any atom is 0.305 e. The van der Waals surface area contributed by atoms with E-state index in [2.05, 4.69) is 68.3 Å². The molecule has 1 aromatic heterocycles. The summed E-state index contributed by atoms with van der Waals surface area (Å²) in [5.74, 6) is -0.500. The van der Waals surface area contributed by atoms with Crippen LogP contribution in [0.15, 0.2) is 48.7 Å². The van der Waals surface area contributed by atoms with Crippen LogP contribution in [0.2, 0.25) is 0 Å². The van der Waals surface area contributed by atoms with Crippen LogP contribution in [0.3, 0.4) is 0 Å². The summed E-state index contributed by atoms with van der Waals surface area (Å²) in [7, 11) is 0. The minimum Gasteiger partial charge on any atom is -0.465 e. The highest BCUT2D eigenvalue weighted by molar-refractivity contribution is 5.84. The van der Waals surface area contributed by atoms with Crippen LogP contribution in [-0.2, 0) is 20.7 Å². The van der Waals surface area contributed by atoms with Crippen LogP contribution >= 0.6 is 0 Å². The van der Waals surface area contributed by atoms with Crippen molar-refractivity contribution in [1.29, 1.82) is 0 Å². The Bertz CT molecular complexity index is 1120. The fourth-order valence-electron chi connectivity index (χ4n) is 5.45. The molecule has 0 bridgehead atoms. The third kappa shape index (κ3) is 11.4. The van der Waals surface area contributed by atoms with Gasteiger partial charge in [-0.3, -0.25) is 4.79 Å². The summed E-state index contributed by atoms with van der Waals surface area (Å²) in [6.45, 7) is 10.2. The van der Waals surface area contributed by atoms with E-state index < -0.39 is 5.60 Å². The van der Waals surface area contributed by atoms with Crippen LogP contribution < -0.4 is 0 Å². The molecule has 1 saturated heterocycles. The van der Waals surface area contributed by atoms with Crippen molar-refractivity contribution < 1.29 is 19.4 Å². The number of nitrogens with one attached hydrogen (secondary N) is 1. The highest BCUT2D eigenvalue weighted by atomic mass is 16.6. The molecule has 1 aromatic carbocycles. The predicted molar refractivity (Wildman–Crippen MR) is 170 cm³/mol. The average Bonchev–Trinajstić information content (AvgIpc) is 3.31. The molecule has 0 amide bonds. The Kier molecular flexibility index (Phi) is 13.2. The maximum atomic E-state index is 12.5. The SMILES string of the molecule is CCCCCC=CCC=CCCCCCCCC(=O)OCC(c1c[nH]c2cc(CC3OC3(C)C)ccc12)C(C)(C)O. The summed E-state index contributed by atoms with van der Waals surface area (Å²) in [5, 5.41) is 12.0. The van der Waals surface area contributed by atoms with E-state index in [0.29, 0.717) is 6.42 Å². The number of unbranched alkanes of at least 4 members (excludes halogenated alkanes) is 8. The maximum absolute atomic E-state index is 12.5. The summed E-state index contributed by atoms with van der Waals surface area (Å²) in [5.41, 5.74) is 2.17. The van der Waals surface area contributed by atoms with Crippen molar-refractivity contribution in [2.45, 2.75) is 141 Å². The van der Waals surface area contributed by atoms with Gasteiger partial charge in [-0.15, -0.1) is 0 Å². The molecule has 3 rings (SSSR count). The van der Waals surface area contributed by atoms with Crippen LogP contribution in [-0.4, -0.2) is 40.0 Å². The number of epoxide rings is 1. The Morgan fingerprint density at radius 2 is 1.71 bits per heavy atom. The van der Waals surface area contributed by atoms with Gasteiger partial charge in [-0.2, -0.15) is 0 Å². The minimum absolute atomic E-state index is 0.0338. The number of aromatic amines is 1. The number of aliphatic hydroxyl groups is 1. The number of esters is 1. The van der Waals surface area contributed by atoms with Crippen molar-refractivity contribution >= 4 is 16.9 Å². The molecule has 2 aromatic rings. The third-order valence-electron chi connectivity index (χ3n) is 8.33. The van der Waals surface area contributed by atoms with Gasteiger partial charge in [0.2, 0.25) is 0 Å². The van der Waals surface area contributed by atoms with Crippen LogP contribution in [0.25, 0.3) is 10.9 Å². The smallest absolute Gasteiger partial charge is 0.305 e. The molecule has 1 fully saturated rings. The van der Waals surface area contributed by atoms with E-state index in [4.69, 9.17) is 9.47 Å². The second-order valence-electron chi connectivity index (χ2n) is 12.9. The van der Waals surface area contributed by atoms with E-state index in [1.54, 1.807) is 13.8 Å². The summed E-state index contributed by atoms with van der Waals surface area (Å²) in [6.07, 6.45) is 25.4. The first-order chi connectivity index (χ1) is 19.6. The zero-order valence-electron chi connectivity index (χ0n) is 26.3. The van der Waals surface area contributed by atoms with Gasteiger partial charge < -0.3 is 19.6 Å². The zero-order chi connectivity index (χ0) is 29.7. The van der Waals surface area contributed by atoms with Gasteiger partial charge in [0.15, 0.2) is 0 Å². The largest absolute Gasteiger partial charge is 0.465 e. The van der Waals surface area contributed by atoms with Crippen molar-refractivity contribution in [1.82, 2.24) is 4.98 Å². The lowest BCUT2D eigenvalue weighted by molar-refractivity contribution is -0.145. The van der Waals surface area contributed by atoms with E-state index in [1.165, 1.54) is 44.1 Å². The number of rotatable bonds is 20. The third-order valence-corrected chi connectivity index (χ3v) is 8.33. The summed E-state index contributed by atoms with van der Waals surface area (Å²) < 4.78 is 11.4. The van der Waals surface area contributed by atoms with E-state index in [0.717, 1.165) is 55.0 Å². The lowest BCUT2D eigenvalue weighted by Gasteiger charge is -2.29. The number of allylic oxidation sites excluding steroid dienone is 4. The highest BCUT2D eigenvalue weighted by Crippen LogP contribution is 2.39. The van der Waals surface area contributed by atoms with Gasteiger partial charge in [0, 0.05) is 35.9 Å². The molecular formula is C36H55NO4. The van der Waals surface area contributed by atoms with Crippen molar-refractivity contribution in [2.75, 3.05) is 6.61 Å². The highest BCUT2D eigenvalue weighted by Gasteiger charge is 2.47. The van der Waals surface area contributed by atoms with Gasteiger partial charge in [0.05, 0.1) is 17.3 Å². The van der Waals surface area contributed by atoms with E-state index in [9.17, 15) is 9.90 Å². The van der Waals surface area contributed by atoms with E-state index >= 15 is 0 Å². The molecule has 5 heteroatoms. The molecule has 2 atom stereocenters. The number of carbonyl (C=O) groups excluding carboxylic acids is 1. The fraction of sp³-hybridized carbons (Fsp3) is 0.639. The fourth-order valence-corrected chi connectivity index (χ4v) is 5.45. The van der Waals surface area contributed by atoms with Crippen LogP contribution in [0.5, 0.6) is 0 Å². The van der Waals surface area contributed by atoms with Gasteiger partial charge in [0.25, 0.3) is 0 Å². The van der Waals surface area contributed by atoms with Crippen LogP contribution in [0.1, 0.15) is 129 Å². The molecule has 41 heavy (non-hydrogen) atoms. The summed E-state index contributed by atoms with van der Waals surface area (Å²) in [4.78, 5) is 15.9. The molecule has 228 valence electrons. The second kappa shape index (κ2) is 16.3. The molecular weight excluding hydrogens is 510 g/mol. The number of hydrogen-bond donors (Lipinski definition) is 2. The van der Waals surface area contributed by atoms with Crippen molar-refractivity contribution in [3.8, 4) is 0 Å². The van der Waals surface area contributed by atoms with Gasteiger partial charge in [0.1, 0.15) is 6.61 Å². The zero-order valence-corrected chi connectivity index (χ0v) is 26.3. The predicted octanol–water partition coefficient (Wildman–Crippen LogP) is 9.10. The first kappa shape index (κ1) is 33.1. The van der Waals surface area contributed by atoms with E-state index in [1.807, 2.05) is 6.20 Å². The van der Waals surface area contributed by atoms with Crippen molar-refractivity contribution in [3.05, 3.63) is 59.8 Å². The Hall–Kier alpha value is -2.37. The number of fused-ring (bicyclic) bond motifs is 1. The lowest BCUT2D eigenvalue weighted by Crippen LogP contribution is -2.33. The van der Waals surface area contributed by atoms with Gasteiger partial charge in [-0.05, 0) is 83.4 Å². The van der Waals surface area contributed by atoms with Gasteiger partial charge in [-0.1, -0.05) is 75.5 Å². The van der Waals surface area contributed by atoms with Crippen molar-refractivity contribution in [3.63, 3.8) is 0 Å². The van der Waals surface area contributed by atoms with Crippen molar-refractivity contribution in [2.24, 2.45) is 0 Å². The molecule has 0 spiro atoms. The average molecular weight is 566 g/mol. The number of carbonyl (C=O) groups is 1. The molecule has 0 aliphatic carbocycles.